The predicted octanol–water partition coefficient (Wildman–Crippen LogP) is 3.97. The second-order valence-electron chi connectivity index (χ2n) is 9.00. The predicted molar refractivity (Wildman–Crippen MR) is 117 cm³/mol. The van der Waals surface area contributed by atoms with Crippen molar-refractivity contribution in [3.63, 3.8) is 0 Å². The normalized spacial score (nSPS) is 24.1. The number of hydrogen-bond donors (Lipinski definition) is 0. The van der Waals surface area contributed by atoms with Gasteiger partial charge in [-0.25, -0.2) is 0 Å². The lowest BCUT2D eigenvalue weighted by molar-refractivity contribution is -0.141. The molecule has 2 heterocycles. The smallest absolute Gasteiger partial charge is 0.227 e. The Balaban J connectivity index is 1.35. The van der Waals surface area contributed by atoms with Gasteiger partial charge in [0, 0.05) is 32.1 Å². The summed E-state index contributed by atoms with van der Waals surface area (Å²) >= 11 is 0. The first-order valence-corrected chi connectivity index (χ1v) is 11.5. The minimum atomic E-state index is 0.178. The molecule has 1 aliphatic carbocycles. The molecule has 0 bridgehead atoms. The average molecular weight is 411 g/mol. The van der Waals surface area contributed by atoms with E-state index in [-0.39, 0.29) is 5.91 Å². The number of fused-ring (bicyclic) bond motifs is 1. The number of nitrogens with zero attached hydrogens (tertiary/aromatic N) is 2. The van der Waals surface area contributed by atoms with Crippen molar-refractivity contribution in [2.24, 2.45) is 5.92 Å². The molecule has 162 valence electrons. The number of methoxy groups -OCH3 is 1. The third kappa shape index (κ3) is 4.88. The molecular weight excluding hydrogens is 376 g/mol. The Morgan fingerprint density at radius 1 is 1.07 bits per heavy atom. The van der Waals surface area contributed by atoms with Crippen LogP contribution in [0.2, 0.25) is 0 Å². The number of rotatable bonds is 5. The summed E-state index contributed by atoms with van der Waals surface area (Å²) < 4.78 is 5.27. The number of likely N-dealkylation sites (tertiary alicyclic amines) is 2. The van der Waals surface area contributed by atoms with E-state index in [0.29, 0.717) is 30.7 Å². The first-order valence-electron chi connectivity index (χ1n) is 11.5. The second kappa shape index (κ2) is 9.67. The van der Waals surface area contributed by atoms with Crippen molar-refractivity contribution >= 4 is 11.8 Å². The van der Waals surface area contributed by atoms with Crippen LogP contribution in [-0.2, 0) is 16.0 Å². The van der Waals surface area contributed by atoms with Crippen LogP contribution in [0.1, 0.15) is 56.9 Å². The summed E-state index contributed by atoms with van der Waals surface area (Å²) in [6.07, 6.45) is 11.0. The van der Waals surface area contributed by atoms with E-state index in [1.807, 2.05) is 29.2 Å². The van der Waals surface area contributed by atoms with Gasteiger partial charge in [-0.1, -0.05) is 23.8 Å². The molecule has 0 N–H and O–H groups in total. The van der Waals surface area contributed by atoms with Crippen molar-refractivity contribution in [2.75, 3.05) is 26.7 Å². The summed E-state index contributed by atoms with van der Waals surface area (Å²) in [5.74, 6) is 1.67. The summed E-state index contributed by atoms with van der Waals surface area (Å²) in [7, 11) is 1.65. The molecule has 2 amide bonds. The third-order valence-corrected chi connectivity index (χ3v) is 6.99. The molecule has 2 saturated heterocycles. The highest BCUT2D eigenvalue weighted by molar-refractivity contribution is 5.80. The highest BCUT2D eigenvalue weighted by atomic mass is 16.5. The second-order valence-corrected chi connectivity index (χ2v) is 9.00. The Bertz CT molecular complexity index is 803. The van der Waals surface area contributed by atoms with Gasteiger partial charge in [-0.15, -0.1) is 0 Å². The largest absolute Gasteiger partial charge is 0.497 e. The molecule has 5 heteroatoms. The van der Waals surface area contributed by atoms with E-state index in [1.165, 1.54) is 18.4 Å². The zero-order valence-electron chi connectivity index (χ0n) is 18.1. The lowest BCUT2D eigenvalue weighted by atomic mass is 9.83. The molecule has 0 aromatic heterocycles. The number of carbonyl (C=O) groups excluding carboxylic acids is 2. The summed E-state index contributed by atoms with van der Waals surface area (Å²) in [6.45, 7) is 2.40. The van der Waals surface area contributed by atoms with Crippen LogP contribution >= 0.6 is 0 Å². The van der Waals surface area contributed by atoms with Gasteiger partial charge in [-0.2, -0.15) is 0 Å². The molecule has 2 aliphatic heterocycles. The maximum atomic E-state index is 13.0. The number of hydrogen-bond acceptors (Lipinski definition) is 3. The van der Waals surface area contributed by atoms with Gasteiger partial charge in [0.25, 0.3) is 0 Å². The summed E-state index contributed by atoms with van der Waals surface area (Å²) in [6, 6.07) is 8.05. The number of ether oxygens (including phenoxy) is 1. The average Bonchev–Trinajstić information content (AvgIpc) is 2.79. The lowest BCUT2D eigenvalue weighted by Crippen LogP contribution is -2.56. The van der Waals surface area contributed by atoms with Gasteiger partial charge in [-0.3, -0.25) is 9.59 Å². The first-order chi connectivity index (χ1) is 14.6. The standard InChI is InChI=1S/C25H34N2O3/c1-30-22-11-5-9-20(15-22)17-24(28)26-14-12-23-21(18-26)10-6-13-27(23)25(29)16-19-7-3-2-4-8-19/h5,7,9,11,15,21,23H,2-4,6,8,10,12-14,16-18H2,1H3/t21-,23-/m1/s1. The summed E-state index contributed by atoms with van der Waals surface area (Å²) in [5.41, 5.74) is 2.32. The van der Waals surface area contributed by atoms with Crippen LogP contribution in [0.4, 0.5) is 0 Å². The van der Waals surface area contributed by atoms with Crippen LogP contribution in [-0.4, -0.2) is 54.4 Å². The van der Waals surface area contributed by atoms with Crippen LogP contribution in [0.25, 0.3) is 0 Å². The number of piperidine rings is 2. The molecule has 2 atom stereocenters. The molecule has 30 heavy (non-hydrogen) atoms. The lowest BCUT2D eigenvalue weighted by Gasteiger charge is -2.47. The Kier molecular flexibility index (Phi) is 6.76. The van der Waals surface area contributed by atoms with Crippen LogP contribution in [0.5, 0.6) is 5.75 Å². The molecule has 0 unspecified atom stereocenters. The Morgan fingerprint density at radius 2 is 1.97 bits per heavy atom. The first kappa shape index (κ1) is 21.0. The fourth-order valence-electron chi connectivity index (χ4n) is 5.37. The van der Waals surface area contributed by atoms with E-state index < -0.39 is 0 Å². The quantitative estimate of drug-likeness (QED) is 0.690. The molecule has 0 radical (unpaired) electrons. The zero-order chi connectivity index (χ0) is 20.9. The van der Waals surface area contributed by atoms with Gasteiger partial charge in [0.2, 0.25) is 11.8 Å². The summed E-state index contributed by atoms with van der Waals surface area (Å²) in [4.78, 5) is 30.1. The molecule has 4 rings (SSSR count). The van der Waals surface area contributed by atoms with E-state index >= 15 is 0 Å². The van der Waals surface area contributed by atoms with Crippen molar-refractivity contribution in [3.05, 3.63) is 41.5 Å². The fraction of sp³-hybridized carbons (Fsp3) is 0.600. The highest BCUT2D eigenvalue weighted by Gasteiger charge is 2.39. The third-order valence-electron chi connectivity index (χ3n) is 6.99. The van der Waals surface area contributed by atoms with Gasteiger partial charge in [0.1, 0.15) is 5.75 Å². The van der Waals surface area contributed by atoms with E-state index in [4.69, 9.17) is 4.74 Å². The van der Waals surface area contributed by atoms with E-state index in [0.717, 1.165) is 63.1 Å². The maximum Gasteiger partial charge on any atom is 0.227 e. The molecule has 1 aromatic carbocycles. The van der Waals surface area contributed by atoms with Gasteiger partial charge < -0.3 is 14.5 Å². The molecule has 1 aromatic rings. The van der Waals surface area contributed by atoms with Crippen molar-refractivity contribution in [3.8, 4) is 5.75 Å². The molecule has 2 fully saturated rings. The zero-order valence-corrected chi connectivity index (χ0v) is 18.1. The minimum absolute atomic E-state index is 0.178. The van der Waals surface area contributed by atoms with Crippen molar-refractivity contribution in [1.29, 1.82) is 0 Å². The molecule has 0 saturated carbocycles. The number of benzene rings is 1. The van der Waals surface area contributed by atoms with Crippen LogP contribution < -0.4 is 4.74 Å². The molecule has 5 nitrogen and oxygen atoms in total. The SMILES string of the molecule is COc1cccc(CC(=O)N2CC[C@@H]3[C@H](CCCN3C(=O)CC3=CCCCC3)C2)c1. The summed E-state index contributed by atoms with van der Waals surface area (Å²) in [5, 5.41) is 0. The van der Waals surface area contributed by atoms with Gasteiger partial charge in [0.15, 0.2) is 0 Å². The van der Waals surface area contributed by atoms with Gasteiger partial charge in [0.05, 0.1) is 13.5 Å². The Morgan fingerprint density at radius 3 is 2.77 bits per heavy atom. The van der Waals surface area contributed by atoms with Gasteiger partial charge in [-0.05, 0) is 68.6 Å². The number of allylic oxidation sites excluding steroid dienone is 1. The van der Waals surface area contributed by atoms with E-state index in [2.05, 4.69) is 11.0 Å². The van der Waals surface area contributed by atoms with Crippen LogP contribution in [0.3, 0.4) is 0 Å². The monoisotopic (exact) mass is 410 g/mol. The molecule has 3 aliphatic rings. The highest BCUT2D eigenvalue weighted by Crippen LogP contribution is 2.32. The van der Waals surface area contributed by atoms with Crippen LogP contribution in [0.15, 0.2) is 35.9 Å². The van der Waals surface area contributed by atoms with Crippen LogP contribution in [0, 0.1) is 5.92 Å². The molecule has 0 spiro atoms. The number of carbonyl (C=O) groups is 2. The Hall–Kier alpha value is -2.30. The van der Waals surface area contributed by atoms with E-state index in [9.17, 15) is 9.59 Å². The maximum absolute atomic E-state index is 13.0. The van der Waals surface area contributed by atoms with Crippen molar-refractivity contribution < 1.29 is 14.3 Å². The number of amides is 2. The van der Waals surface area contributed by atoms with Crippen molar-refractivity contribution in [1.82, 2.24) is 9.80 Å². The fourth-order valence-corrected chi connectivity index (χ4v) is 5.37. The minimum Gasteiger partial charge on any atom is -0.497 e. The molecular formula is C25H34N2O3. The van der Waals surface area contributed by atoms with E-state index in [1.54, 1.807) is 7.11 Å². The Labute approximate surface area is 180 Å². The van der Waals surface area contributed by atoms with Gasteiger partial charge >= 0.3 is 0 Å². The topological polar surface area (TPSA) is 49.9 Å². The van der Waals surface area contributed by atoms with Crippen molar-refractivity contribution in [2.45, 2.75) is 63.8 Å².